The SMILES string of the molecule is C=CC(=O)N1CC[C@H](Oc2ccc3ncnc(Nc4ccc(Oc5ccc6c(c5)ncn6C)c(C)c4)c3c2)C1. The fourth-order valence-electron chi connectivity index (χ4n) is 4.84. The molecule has 1 atom stereocenters. The molecule has 0 saturated carbocycles. The molecule has 9 nitrogen and oxygen atoms in total. The summed E-state index contributed by atoms with van der Waals surface area (Å²) in [5.41, 5.74) is 4.60. The van der Waals surface area contributed by atoms with E-state index >= 15 is 0 Å². The maximum atomic E-state index is 11.9. The number of carbonyl (C=O) groups is 1. The number of anilines is 2. The number of amides is 1. The smallest absolute Gasteiger partial charge is 0.246 e. The van der Waals surface area contributed by atoms with Crippen LogP contribution in [-0.4, -0.2) is 49.5 Å². The summed E-state index contributed by atoms with van der Waals surface area (Å²) in [6.07, 6.45) is 5.38. The van der Waals surface area contributed by atoms with Crippen LogP contribution in [0, 0.1) is 6.92 Å². The second-order valence-corrected chi connectivity index (χ2v) is 9.63. The van der Waals surface area contributed by atoms with Gasteiger partial charge in [-0.25, -0.2) is 15.0 Å². The lowest BCUT2D eigenvalue weighted by atomic mass is 10.1. The molecule has 0 bridgehead atoms. The van der Waals surface area contributed by atoms with E-state index in [1.807, 2.05) is 73.1 Å². The molecule has 0 aliphatic carbocycles. The maximum absolute atomic E-state index is 11.9. The minimum atomic E-state index is -0.0690. The number of rotatable bonds is 7. The van der Waals surface area contributed by atoms with Crippen LogP contribution in [0.4, 0.5) is 11.5 Å². The molecule has 3 heterocycles. The Hall–Kier alpha value is -4.92. The fourth-order valence-corrected chi connectivity index (χ4v) is 4.84. The Morgan fingerprint density at radius 2 is 1.92 bits per heavy atom. The average Bonchev–Trinajstić information content (AvgIpc) is 3.56. The first kappa shape index (κ1) is 24.4. The molecule has 0 spiro atoms. The number of nitrogens with one attached hydrogen (secondary N) is 1. The van der Waals surface area contributed by atoms with Crippen LogP contribution in [-0.2, 0) is 11.8 Å². The highest BCUT2D eigenvalue weighted by molar-refractivity contribution is 5.91. The van der Waals surface area contributed by atoms with Gasteiger partial charge in [0.05, 0.1) is 29.4 Å². The molecule has 2 aromatic heterocycles. The number of likely N-dealkylation sites (tertiary alicyclic amines) is 1. The lowest BCUT2D eigenvalue weighted by Gasteiger charge is -2.16. The zero-order chi connectivity index (χ0) is 26.9. The molecule has 0 radical (unpaired) electrons. The highest BCUT2D eigenvalue weighted by Gasteiger charge is 2.26. The first-order valence-corrected chi connectivity index (χ1v) is 12.8. The molecule has 0 unspecified atom stereocenters. The van der Waals surface area contributed by atoms with Crippen LogP contribution in [0.3, 0.4) is 0 Å². The van der Waals surface area contributed by atoms with Gasteiger partial charge in [-0.2, -0.15) is 0 Å². The van der Waals surface area contributed by atoms with Crippen LogP contribution in [0.15, 0.2) is 79.9 Å². The lowest BCUT2D eigenvalue weighted by Crippen LogP contribution is -2.29. The van der Waals surface area contributed by atoms with E-state index in [0.29, 0.717) is 24.7 Å². The molecule has 3 aromatic carbocycles. The Labute approximate surface area is 225 Å². The van der Waals surface area contributed by atoms with Crippen molar-refractivity contribution in [3.8, 4) is 17.2 Å². The molecule has 5 aromatic rings. The standard InChI is InChI=1S/C30H28N6O3/c1-4-29(37)36-12-11-23(16-36)38-21-6-8-25-24(14-21)30(32-17-31-25)34-20-5-10-28(19(2)13-20)39-22-7-9-27-26(15-22)33-18-35(27)3/h4-10,13-15,17-18,23H,1,11-12,16H2,2-3H3,(H,31,32,34)/t23-/m0/s1. The largest absolute Gasteiger partial charge is 0.488 e. The van der Waals surface area contributed by atoms with Crippen molar-refractivity contribution in [2.24, 2.45) is 7.05 Å². The van der Waals surface area contributed by atoms with Crippen LogP contribution in [0.25, 0.3) is 21.9 Å². The van der Waals surface area contributed by atoms with Crippen molar-refractivity contribution in [2.75, 3.05) is 18.4 Å². The monoisotopic (exact) mass is 520 g/mol. The van der Waals surface area contributed by atoms with Crippen LogP contribution >= 0.6 is 0 Å². The van der Waals surface area contributed by atoms with Gasteiger partial charge in [0.25, 0.3) is 0 Å². The van der Waals surface area contributed by atoms with Crippen molar-refractivity contribution < 1.29 is 14.3 Å². The van der Waals surface area contributed by atoms with Crippen LogP contribution in [0.5, 0.6) is 17.2 Å². The van der Waals surface area contributed by atoms with Gasteiger partial charge in [0.2, 0.25) is 5.91 Å². The predicted octanol–water partition coefficient (Wildman–Crippen LogP) is 5.53. The quantitative estimate of drug-likeness (QED) is 0.282. The number of fused-ring (bicyclic) bond motifs is 2. The zero-order valence-corrected chi connectivity index (χ0v) is 21.8. The van der Waals surface area contributed by atoms with Crippen molar-refractivity contribution in [3.05, 3.63) is 85.5 Å². The molecule has 1 fully saturated rings. The van der Waals surface area contributed by atoms with Gasteiger partial charge in [-0.3, -0.25) is 4.79 Å². The molecule has 1 N–H and O–H groups in total. The summed E-state index contributed by atoms with van der Waals surface area (Å²) in [5, 5.41) is 4.26. The minimum absolute atomic E-state index is 0.0685. The minimum Gasteiger partial charge on any atom is -0.488 e. The van der Waals surface area contributed by atoms with Gasteiger partial charge in [-0.15, -0.1) is 0 Å². The molecular formula is C30H28N6O3. The van der Waals surface area contributed by atoms with Crippen molar-refractivity contribution >= 4 is 39.3 Å². The third-order valence-corrected chi connectivity index (χ3v) is 6.90. The summed E-state index contributed by atoms with van der Waals surface area (Å²) >= 11 is 0. The number of imidazole rings is 1. The highest BCUT2D eigenvalue weighted by Crippen LogP contribution is 2.32. The first-order chi connectivity index (χ1) is 19.0. The van der Waals surface area contributed by atoms with Gasteiger partial charge in [0.15, 0.2) is 0 Å². The Bertz CT molecular complexity index is 1710. The number of hydrogen-bond donors (Lipinski definition) is 1. The molecule has 6 rings (SSSR count). The topological polar surface area (TPSA) is 94.4 Å². The van der Waals surface area contributed by atoms with Gasteiger partial charge >= 0.3 is 0 Å². The molecule has 196 valence electrons. The summed E-state index contributed by atoms with van der Waals surface area (Å²) in [6.45, 7) is 6.78. The van der Waals surface area contributed by atoms with E-state index in [9.17, 15) is 4.79 Å². The molecule has 1 saturated heterocycles. The average molecular weight is 521 g/mol. The van der Waals surface area contributed by atoms with Gasteiger partial charge in [0.1, 0.15) is 35.5 Å². The summed E-state index contributed by atoms with van der Waals surface area (Å²) < 4.78 is 14.3. The second kappa shape index (κ2) is 10.1. The predicted molar refractivity (Wildman–Crippen MR) is 151 cm³/mol. The first-order valence-electron chi connectivity index (χ1n) is 12.8. The third-order valence-electron chi connectivity index (χ3n) is 6.90. The van der Waals surface area contributed by atoms with Gasteiger partial charge in [0, 0.05) is 37.2 Å². The van der Waals surface area contributed by atoms with E-state index in [1.54, 1.807) is 17.6 Å². The lowest BCUT2D eigenvalue weighted by molar-refractivity contribution is -0.125. The maximum Gasteiger partial charge on any atom is 0.246 e. The van der Waals surface area contributed by atoms with Crippen molar-refractivity contribution in [1.82, 2.24) is 24.4 Å². The van der Waals surface area contributed by atoms with Crippen LogP contribution in [0.1, 0.15) is 12.0 Å². The van der Waals surface area contributed by atoms with Crippen molar-refractivity contribution in [1.29, 1.82) is 0 Å². The second-order valence-electron chi connectivity index (χ2n) is 9.63. The molecular weight excluding hydrogens is 492 g/mol. The summed E-state index contributed by atoms with van der Waals surface area (Å²) in [7, 11) is 1.97. The summed E-state index contributed by atoms with van der Waals surface area (Å²) in [4.78, 5) is 27.0. The van der Waals surface area contributed by atoms with E-state index in [1.165, 1.54) is 6.08 Å². The number of carbonyl (C=O) groups excluding carboxylic acids is 1. The number of nitrogens with zero attached hydrogens (tertiary/aromatic N) is 5. The van der Waals surface area contributed by atoms with E-state index in [2.05, 4.69) is 26.8 Å². The normalized spacial score (nSPS) is 15.0. The Kier molecular flexibility index (Phi) is 6.32. The fraction of sp³-hybridized carbons (Fsp3) is 0.200. The number of benzene rings is 3. The Balaban J connectivity index is 1.19. The summed E-state index contributed by atoms with van der Waals surface area (Å²) in [5.74, 6) is 2.82. The van der Waals surface area contributed by atoms with Crippen molar-refractivity contribution in [3.63, 3.8) is 0 Å². The Morgan fingerprint density at radius 3 is 2.77 bits per heavy atom. The Morgan fingerprint density at radius 1 is 1.05 bits per heavy atom. The molecule has 39 heavy (non-hydrogen) atoms. The summed E-state index contributed by atoms with van der Waals surface area (Å²) in [6, 6.07) is 17.6. The van der Waals surface area contributed by atoms with E-state index in [4.69, 9.17) is 9.47 Å². The molecule has 9 heteroatoms. The number of aromatic nitrogens is 4. The zero-order valence-electron chi connectivity index (χ0n) is 21.8. The van der Waals surface area contributed by atoms with Crippen LogP contribution in [0.2, 0.25) is 0 Å². The van der Waals surface area contributed by atoms with Crippen LogP contribution < -0.4 is 14.8 Å². The van der Waals surface area contributed by atoms with E-state index < -0.39 is 0 Å². The third kappa shape index (κ3) is 4.98. The number of ether oxygens (including phenoxy) is 2. The van der Waals surface area contributed by atoms with E-state index in [-0.39, 0.29) is 12.0 Å². The molecule has 1 amide bonds. The van der Waals surface area contributed by atoms with Crippen molar-refractivity contribution in [2.45, 2.75) is 19.4 Å². The highest BCUT2D eigenvalue weighted by atomic mass is 16.5. The van der Waals surface area contributed by atoms with Gasteiger partial charge in [-0.05, 0) is 67.1 Å². The van der Waals surface area contributed by atoms with Gasteiger partial charge < -0.3 is 24.3 Å². The number of hydrogen-bond acceptors (Lipinski definition) is 7. The van der Waals surface area contributed by atoms with E-state index in [0.717, 1.165) is 51.1 Å². The number of aryl methyl sites for hydroxylation is 2. The molecule has 1 aliphatic rings. The van der Waals surface area contributed by atoms with Gasteiger partial charge in [-0.1, -0.05) is 6.58 Å². The molecule has 1 aliphatic heterocycles.